The van der Waals surface area contributed by atoms with Crippen LogP contribution < -0.4 is 10.6 Å². The van der Waals surface area contributed by atoms with Crippen molar-refractivity contribution in [2.24, 2.45) is 5.92 Å². The van der Waals surface area contributed by atoms with E-state index in [2.05, 4.69) is 22.5 Å². The molecule has 0 unspecified atom stereocenters. The zero-order valence-electron chi connectivity index (χ0n) is 14.8. The van der Waals surface area contributed by atoms with Gasteiger partial charge in [-0.3, -0.25) is 14.9 Å². The molecule has 1 fully saturated rings. The molecule has 0 spiro atoms. The summed E-state index contributed by atoms with van der Waals surface area (Å²) >= 11 is 6.83. The van der Waals surface area contributed by atoms with Crippen molar-refractivity contribution in [3.8, 4) is 0 Å². The van der Waals surface area contributed by atoms with E-state index in [1.807, 2.05) is 0 Å². The highest BCUT2D eigenvalue weighted by Crippen LogP contribution is 2.20. The predicted octanol–water partition coefficient (Wildman–Crippen LogP) is 2.87. The molecule has 0 saturated carbocycles. The van der Waals surface area contributed by atoms with Crippen LogP contribution >= 0.6 is 24.0 Å². The normalized spacial score (nSPS) is 16.8. The van der Waals surface area contributed by atoms with Gasteiger partial charge < -0.3 is 15.5 Å². The Kier molecular flexibility index (Phi) is 8.11. The molecule has 0 aromatic heterocycles. The third-order valence-electron chi connectivity index (χ3n) is 4.10. The largest absolute Gasteiger partial charge is 0.383 e. The molecule has 0 aliphatic carbocycles. The number of likely N-dealkylation sites (tertiary alicyclic amines) is 1. The fraction of sp³-hybridized carbons (Fsp3) is 0.529. The molecule has 1 heterocycles. The number of anilines is 1. The van der Waals surface area contributed by atoms with E-state index in [1.54, 1.807) is 12.1 Å². The Morgan fingerprint density at radius 2 is 2.12 bits per heavy atom. The molecule has 1 aromatic rings. The Labute approximate surface area is 163 Å². The monoisotopic (exact) mass is 396 g/mol. The number of thioether (sulfide) groups is 1. The number of nitro benzene ring substituents is 1. The fourth-order valence-corrected chi connectivity index (χ4v) is 3.78. The van der Waals surface area contributed by atoms with Crippen molar-refractivity contribution in [2.75, 3.05) is 37.2 Å². The highest BCUT2D eigenvalue weighted by atomic mass is 32.2. The van der Waals surface area contributed by atoms with Gasteiger partial charge in [0, 0.05) is 44.0 Å². The lowest BCUT2D eigenvalue weighted by molar-refractivity contribution is -0.384. The number of nitrogens with zero attached hydrogens (tertiary/aromatic N) is 2. The molecule has 26 heavy (non-hydrogen) atoms. The topological polar surface area (TPSA) is 87.5 Å². The van der Waals surface area contributed by atoms with Crippen LogP contribution in [0.25, 0.3) is 0 Å². The third-order valence-corrected chi connectivity index (χ3v) is 5.62. The summed E-state index contributed by atoms with van der Waals surface area (Å²) in [4.78, 5) is 24.3. The maximum absolute atomic E-state index is 11.9. The second-order valence-electron chi connectivity index (χ2n) is 6.33. The summed E-state index contributed by atoms with van der Waals surface area (Å²) in [5, 5.41) is 16.5. The zero-order chi connectivity index (χ0) is 18.9. The average molecular weight is 397 g/mol. The Hall–Kier alpha value is -1.87. The molecule has 1 aliphatic heterocycles. The fourth-order valence-electron chi connectivity index (χ4n) is 2.73. The molecule has 2 N–H and O–H groups in total. The first kappa shape index (κ1) is 20.4. The maximum atomic E-state index is 11.9. The molecule has 1 saturated heterocycles. The summed E-state index contributed by atoms with van der Waals surface area (Å²) < 4.78 is 0.802. The van der Waals surface area contributed by atoms with E-state index in [0.29, 0.717) is 24.8 Å². The predicted molar refractivity (Wildman–Crippen MR) is 110 cm³/mol. The highest BCUT2D eigenvalue weighted by Gasteiger charge is 2.19. The molecule has 0 radical (unpaired) electrons. The first-order chi connectivity index (χ1) is 12.5. The summed E-state index contributed by atoms with van der Waals surface area (Å²) in [5.41, 5.74) is 0.833. The van der Waals surface area contributed by atoms with Gasteiger partial charge in [-0.2, -0.15) is 0 Å². The SMILES string of the molecule is C[C@H]1CCCN(C(=S)SCC(=O)NCCNc2ccc([N+](=O)[O-])cc2)C1. The molecule has 2 rings (SSSR count). The van der Waals surface area contributed by atoms with Crippen LogP contribution in [0.3, 0.4) is 0 Å². The van der Waals surface area contributed by atoms with Crippen molar-refractivity contribution < 1.29 is 9.72 Å². The van der Waals surface area contributed by atoms with Gasteiger partial charge in [-0.15, -0.1) is 0 Å². The molecule has 1 aromatic carbocycles. The van der Waals surface area contributed by atoms with Gasteiger partial charge in [0.15, 0.2) is 0 Å². The minimum atomic E-state index is -0.434. The molecule has 1 aliphatic rings. The molecule has 1 atom stereocenters. The second-order valence-corrected chi connectivity index (χ2v) is 7.94. The molecule has 142 valence electrons. The van der Waals surface area contributed by atoms with E-state index in [4.69, 9.17) is 12.2 Å². The van der Waals surface area contributed by atoms with Gasteiger partial charge >= 0.3 is 0 Å². The number of piperidine rings is 1. The number of carbonyl (C=O) groups excluding carboxylic acids is 1. The van der Waals surface area contributed by atoms with Crippen molar-refractivity contribution in [1.29, 1.82) is 0 Å². The summed E-state index contributed by atoms with van der Waals surface area (Å²) in [6.45, 7) is 5.21. The first-order valence-electron chi connectivity index (χ1n) is 8.62. The van der Waals surface area contributed by atoms with E-state index in [1.165, 1.54) is 30.3 Å². The number of rotatable bonds is 7. The van der Waals surface area contributed by atoms with Crippen LogP contribution in [0.2, 0.25) is 0 Å². The Bertz CT molecular complexity index is 639. The van der Waals surface area contributed by atoms with Gasteiger partial charge in [0.2, 0.25) is 5.91 Å². The van der Waals surface area contributed by atoms with Crippen LogP contribution in [-0.2, 0) is 4.79 Å². The number of nitrogens with one attached hydrogen (secondary N) is 2. The number of nitro groups is 1. The number of hydrogen-bond acceptors (Lipinski definition) is 6. The summed E-state index contributed by atoms with van der Waals surface area (Å²) in [6, 6.07) is 6.18. The van der Waals surface area contributed by atoms with E-state index >= 15 is 0 Å². The zero-order valence-corrected chi connectivity index (χ0v) is 16.4. The minimum absolute atomic E-state index is 0.0482. The molecule has 7 nitrogen and oxygen atoms in total. The average Bonchev–Trinajstić information content (AvgIpc) is 2.63. The van der Waals surface area contributed by atoms with Crippen LogP contribution in [0.4, 0.5) is 11.4 Å². The summed E-state index contributed by atoms with van der Waals surface area (Å²) in [6.07, 6.45) is 2.40. The smallest absolute Gasteiger partial charge is 0.269 e. The molecule has 9 heteroatoms. The van der Waals surface area contributed by atoms with Crippen LogP contribution in [-0.4, -0.2) is 52.0 Å². The van der Waals surface area contributed by atoms with Crippen LogP contribution in [0, 0.1) is 16.0 Å². The lowest BCUT2D eigenvalue weighted by atomic mass is 10.0. The number of carbonyl (C=O) groups is 1. The molecular formula is C17H24N4O3S2. The van der Waals surface area contributed by atoms with Gasteiger partial charge in [-0.1, -0.05) is 30.9 Å². The van der Waals surface area contributed by atoms with E-state index in [9.17, 15) is 14.9 Å². The number of benzene rings is 1. The third kappa shape index (κ3) is 6.80. The van der Waals surface area contributed by atoms with Gasteiger partial charge in [0.25, 0.3) is 5.69 Å². The van der Waals surface area contributed by atoms with Crippen LogP contribution in [0.5, 0.6) is 0 Å². The van der Waals surface area contributed by atoms with Crippen molar-refractivity contribution in [1.82, 2.24) is 10.2 Å². The molecular weight excluding hydrogens is 372 g/mol. The van der Waals surface area contributed by atoms with Crippen molar-refractivity contribution >= 4 is 45.6 Å². The Morgan fingerprint density at radius 1 is 1.38 bits per heavy atom. The number of amides is 1. The lowest BCUT2D eigenvalue weighted by Gasteiger charge is -2.32. The van der Waals surface area contributed by atoms with Crippen LogP contribution in [0.15, 0.2) is 24.3 Å². The van der Waals surface area contributed by atoms with Gasteiger partial charge in [0.05, 0.1) is 10.7 Å². The van der Waals surface area contributed by atoms with E-state index in [0.717, 1.165) is 29.5 Å². The van der Waals surface area contributed by atoms with Crippen molar-refractivity contribution in [3.05, 3.63) is 34.4 Å². The minimum Gasteiger partial charge on any atom is -0.383 e. The standard InChI is InChI=1S/C17H24N4O3S2/c1-13-3-2-10-20(11-13)17(25)26-12-16(22)19-9-8-18-14-4-6-15(7-5-14)21(23)24/h4-7,13,18H,2-3,8-12H2,1H3,(H,19,22)/t13-/m0/s1. The lowest BCUT2D eigenvalue weighted by Crippen LogP contribution is -2.37. The molecule has 0 bridgehead atoms. The Morgan fingerprint density at radius 3 is 2.77 bits per heavy atom. The number of thiocarbonyl (C=S) groups is 1. The van der Waals surface area contributed by atoms with Gasteiger partial charge in [-0.25, -0.2) is 0 Å². The Balaban J connectivity index is 1.60. The number of hydrogen-bond donors (Lipinski definition) is 2. The highest BCUT2D eigenvalue weighted by molar-refractivity contribution is 8.23. The van der Waals surface area contributed by atoms with Crippen molar-refractivity contribution in [3.63, 3.8) is 0 Å². The summed E-state index contributed by atoms with van der Waals surface area (Å²) in [5.74, 6) is 0.927. The van der Waals surface area contributed by atoms with Gasteiger partial charge in [-0.05, 0) is 30.9 Å². The van der Waals surface area contributed by atoms with E-state index < -0.39 is 4.92 Å². The summed E-state index contributed by atoms with van der Waals surface area (Å²) in [7, 11) is 0. The number of non-ortho nitro benzene ring substituents is 1. The first-order valence-corrected chi connectivity index (χ1v) is 10.0. The van der Waals surface area contributed by atoms with Crippen molar-refractivity contribution in [2.45, 2.75) is 19.8 Å². The second kappa shape index (κ2) is 10.3. The maximum Gasteiger partial charge on any atom is 0.269 e. The quantitative estimate of drug-likeness (QED) is 0.317. The van der Waals surface area contributed by atoms with Gasteiger partial charge in [0.1, 0.15) is 4.32 Å². The van der Waals surface area contributed by atoms with Crippen LogP contribution in [0.1, 0.15) is 19.8 Å². The van der Waals surface area contributed by atoms with E-state index in [-0.39, 0.29) is 11.6 Å². The molecule has 1 amide bonds.